The Bertz CT molecular complexity index is 1010. The average molecular weight is 526 g/mol. The van der Waals surface area contributed by atoms with Crippen molar-refractivity contribution in [2.24, 2.45) is 5.41 Å². The van der Waals surface area contributed by atoms with Gasteiger partial charge in [-0.3, -0.25) is 24.4 Å². The molecule has 2 heterocycles. The molecule has 12 heteroatoms. The van der Waals surface area contributed by atoms with Crippen LogP contribution >= 0.6 is 19.7 Å². The van der Waals surface area contributed by atoms with E-state index in [-0.39, 0.29) is 25.0 Å². The number of carbonyl (C=O) groups is 3. The highest BCUT2D eigenvalue weighted by atomic mass is 32.1. The molecule has 5 unspecified atom stereocenters. The Morgan fingerprint density at radius 1 is 1.34 bits per heavy atom. The quantitative estimate of drug-likeness (QED) is 0.270. The number of thiocarbonyl (C=S) groups is 1. The van der Waals surface area contributed by atoms with Crippen LogP contribution in [0.3, 0.4) is 0 Å². The Morgan fingerprint density at radius 3 is 2.66 bits per heavy atom. The highest BCUT2D eigenvalue weighted by Crippen LogP contribution is 2.42. The Hall–Kier alpha value is -2.17. The normalized spacial score (nSPS) is 26.5. The number of esters is 1. The van der Waals surface area contributed by atoms with Crippen LogP contribution in [0.4, 0.5) is 4.79 Å². The molecule has 10 nitrogen and oxygen atoms in total. The molecule has 2 fully saturated rings. The lowest BCUT2D eigenvalue weighted by Gasteiger charge is -2.45. The van der Waals surface area contributed by atoms with Crippen LogP contribution in [-0.4, -0.2) is 66.0 Å². The second-order valence-electron chi connectivity index (χ2n) is 9.25. The van der Waals surface area contributed by atoms with Crippen LogP contribution in [0.25, 0.3) is 0 Å². The topological polar surface area (TPSA) is 123 Å². The molecule has 5 atom stereocenters. The minimum Gasteiger partial charge on any atom is -0.468 e. The standard InChI is InChI=1S/C23H32N3O7PS/c1-15-23(2,3)21(28)24-22(29)26(15)19-11-10-17(33-19)13-32-34(30,14-35)25-18(20(27)31-4)12-16-8-6-5-7-9-16/h5-9,14-15,17-19H,10-13H2,1-4H3,(H,25,30)(H,24,28,29). The van der Waals surface area contributed by atoms with Gasteiger partial charge in [0, 0.05) is 6.04 Å². The van der Waals surface area contributed by atoms with Gasteiger partial charge in [-0.1, -0.05) is 42.5 Å². The van der Waals surface area contributed by atoms with Gasteiger partial charge in [-0.2, -0.15) is 0 Å². The molecule has 1 aromatic carbocycles. The fraction of sp³-hybridized carbons (Fsp3) is 0.565. The second kappa shape index (κ2) is 11.3. The van der Waals surface area contributed by atoms with Crippen molar-refractivity contribution >= 4 is 42.8 Å². The molecule has 2 saturated heterocycles. The molecule has 35 heavy (non-hydrogen) atoms. The van der Waals surface area contributed by atoms with Crippen LogP contribution in [0.1, 0.15) is 39.2 Å². The van der Waals surface area contributed by atoms with Gasteiger partial charge in [0.15, 0.2) is 0 Å². The molecule has 0 saturated carbocycles. The summed E-state index contributed by atoms with van der Waals surface area (Å²) < 4.78 is 29.8. The Kier molecular flexibility index (Phi) is 8.82. The molecule has 2 aliphatic heterocycles. The summed E-state index contributed by atoms with van der Waals surface area (Å²) in [5, 5.41) is 6.12. The van der Waals surface area contributed by atoms with Crippen molar-refractivity contribution in [1.82, 2.24) is 15.3 Å². The lowest BCUT2D eigenvalue weighted by atomic mass is 9.81. The van der Waals surface area contributed by atoms with E-state index >= 15 is 0 Å². The molecule has 0 aliphatic carbocycles. The zero-order valence-corrected chi connectivity index (χ0v) is 22.0. The highest BCUT2D eigenvalue weighted by molar-refractivity contribution is 7.96. The molecule has 0 bridgehead atoms. The first kappa shape index (κ1) is 27.4. The maximum atomic E-state index is 13.3. The summed E-state index contributed by atoms with van der Waals surface area (Å²) in [6.45, 7) is 5.31. The first-order valence-corrected chi connectivity index (χ1v) is 13.6. The third-order valence-electron chi connectivity index (χ3n) is 6.59. The third-order valence-corrected chi connectivity index (χ3v) is 8.91. The summed E-state index contributed by atoms with van der Waals surface area (Å²) in [5.41, 5.74) is 0.0772. The Labute approximate surface area is 210 Å². The fourth-order valence-electron chi connectivity index (χ4n) is 4.11. The van der Waals surface area contributed by atoms with E-state index in [0.29, 0.717) is 12.8 Å². The maximum absolute atomic E-state index is 13.3. The second-order valence-corrected chi connectivity index (χ2v) is 11.8. The van der Waals surface area contributed by atoms with E-state index in [2.05, 4.69) is 10.4 Å². The van der Waals surface area contributed by atoms with E-state index < -0.39 is 43.3 Å². The first-order chi connectivity index (χ1) is 16.5. The number of nitrogens with zero attached hydrogens (tertiary/aromatic N) is 1. The van der Waals surface area contributed by atoms with Gasteiger partial charge in [-0.15, -0.1) is 0 Å². The summed E-state index contributed by atoms with van der Waals surface area (Å²) in [7, 11) is -2.44. The molecule has 0 aromatic heterocycles. The average Bonchev–Trinajstić information content (AvgIpc) is 3.30. The molecule has 3 rings (SSSR count). The number of rotatable bonds is 10. The van der Waals surface area contributed by atoms with Gasteiger partial charge >= 0.3 is 19.5 Å². The Morgan fingerprint density at radius 2 is 2.03 bits per heavy atom. The molecule has 0 radical (unpaired) electrons. The van der Waals surface area contributed by atoms with Crippen LogP contribution < -0.4 is 10.4 Å². The molecule has 1 aromatic rings. The van der Waals surface area contributed by atoms with E-state index in [9.17, 15) is 18.9 Å². The van der Waals surface area contributed by atoms with E-state index in [4.69, 9.17) is 26.2 Å². The van der Waals surface area contributed by atoms with Crippen LogP contribution in [0.2, 0.25) is 0 Å². The predicted molar refractivity (Wildman–Crippen MR) is 133 cm³/mol. The van der Waals surface area contributed by atoms with Gasteiger partial charge in [-0.05, 0) is 45.6 Å². The summed E-state index contributed by atoms with van der Waals surface area (Å²) in [6.07, 6.45) is 0.326. The van der Waals surface area contributed by atoms with Crippen molar-refractivity contribution in [2.45, 2.75) is 64.4 Å². The van der Waals surface area contributed by atoms with Gasteiger partial charge in [0.25, 0.3) is 0 Å². The number of hydrogen-bond donors (Lipinski definition) is 2. The van der Waals surface area contributed by atoms with Gasteiger partial charge in [0.05, 0.1) is 30.3 Å². The SMILES string of the molecule is COC(=O)C(Cc1ccccc1)NP(=O)(C=S)OCC1CCC(N2C(=O)NC(=O)C(C)(C)C2C)O1. The molecular formula is C23H32N3O7PS. The van der Waals surface area contributed by atoms with Gasteiger partial charge in [0.2, 0.25) is 5.91 Å². The molecule has 0 spiro atoms. The minimum absolute atomic E-state index is 0.0562. The number of imide groups is 1. The van der Waals surface area contributed by atoms with E-state index in [1.807, 2.05) is 37.3 Å². The summed E-state index contributed by atoms with van der Waals surface area (Å²) >= 11 is 4.96. The number of urea groups is 1. The minimum atomic E-state index is -3.70. The smallest absolute Gasteiger partial charge is 0.326 e. The number of amides is 3. The van der Waals surface area contributed by atoms with Gasteiger partial charge < -0.3 is 14.0 Å². The number of ether oxygens (including phenoxy) is 2. The molecule has 2 aliphatic rings. The Balaban J connectivity index is 1.61. The largest absolute Gasteiger partial charge is 0.468 e. The van der Waals surface area contributed by atoms with Crippen molar-refractivity contribution in [2.75, 3.05) is 13.7 Å². The zero-order valence-electron chi connectivity index (χ0n) is 20.3. The summed E-state index contributed by atoms with van der Waals surface area (Å²) in [5.74, 6) is -0.915. The van der Waals surface area contributed by atoms with Crippen molar-refractivity contribution < 1.29 is 32.9 Å². The van der Waals surface area contributed by atoms with Crippen molar-refractivity contribution in [1.29, 1.82) is 0 Å². The zero-order chi connectivity index (χ0) is 25.8. The number of carbonyl (C=O) groups excluding carboxylic acids is 3. The molecule has 2 N–H and O–H groups in total. The number of nitrogens with one attached hydrogen (secondary N) is 2. The number of benzene rings is 1. The number of methoxy groups -OCH3 is 1. The van der Waals surface area contributed by atoms with Crippen LogP contribution in [-0.2, 0) is 34.6 Å². The van der Waals surface area contributed by atoms with Crippen LogP contribution in [0.15, 0.2) is 30.3 Å². The highest BCUT2D eigenvalue weighted by Gasteiger charge is 2.49. The predicted octanol–water partition coefficient (Wildman–Crippen LogP) is 3.00. The maximum Gasteiger partial charge on any atom is 0.326 e. The lowest BCUT2D eigenvalue weighted by molar-refractivity contribution is -0.142. The van der Waals surface area contributed by atoms with E-state index in [1.165, 1.54) is 12.0 Å². The van der Waals surface area contributed by atoms with Gasteiger partial charge in [0.1, 0.15) is 12.3 Å². The first-order valence-electron chi connectivity index (χ1n) is 11.4. The van der Waals surface area contributed by atoms with E-state index in [0.717, 1.165) is 10.7 Å². The van der Waals surface area contributed by atoms with Gasteiger partial charge in [-0.25, -0.2) is 9.88 Å². The van der Waals surface area contributed by atoms with Crippen LogP contribution in [0, 0.1) is 5.41 Å². The fourth-order valence-corrected chi connectivity index (χ4v) is 5.69. The van der Waals surface area contributed by atoms with Crippen molar-refractivity contribution in [3.05, 3.63) is 35.9 Å². The van der Waals surface area contributed by atoms with Crippen molar-refractivity contribution in [3.63, 3.8) is 0 Å². The molecule has 3 amide bonds. The summed E-state index contributed by atoms with van der Waals surface area (Å²) in [4.78, 5) is 38.5. The number of hydrogen-bond acceptors (Lipinski definition) is 8. The summed E-state index contributed by atoms with van der Waals surface area (Å²) in [6, 6.07) is 7.43. The lowest BCUT2D eigenvalue weighted by Crippen LogP contribution is -2.65. The monoisotopic (exact) mass is 525 g/mol. The van der Waals surface area contributed by atoms with Crippen LogP contribution in [0.5, 0.6) is 0 Å². The van der Waals surface area contributed by atoms with Crippen molar-refractivity contribution in [3.8, 4) is 0 Å². The third kappa shape index (κ3) is 6.34. The molecule has 192 valence electrons. The van der Waals surface area contributed by atoms with E-state index in [1.54, 1.807) is 13.8 Å². The molecular weight excluding hydrogens is 493 g/mol.